The van der Waals surface area contributed by atoms with E-state index in [0.29, 0.717) is 18.0 Å². The molecule has 0 spiro atoms. The first-order chi connectivity index (χ1) is 9.83. The van der Waals surface area contributed by atoms with Crippen molar-refractivity contribution in [2.75, 3.05) is 12.3 Å². The predicted octanol–water partition coefficient (Wildman–Crippen LogP) is 0.408. The number of nitrogens with one attached hydrogen (secondary N) is 1. The van der Waals surface area contributed by atoms with Gasteiger partial charge >= 0.3 is 12.0 Å². The van der Waals surface area contributed by atoms with Gasteiger partial charge in [0.25, 0.3) is 5.91 Å². The van der Waals surface area contributed by atoms with Gasteiger partial charge < -0.3 is 20.9 Å². The molecule has 0 fully saturated rings. The Morgan fingerprint density at radius 3 is 2.52 bits per heavy atom. The van der Waals surface area contributed by atoms with Crippen molar-refractivity contribution in [1.29, 1.82) is 0 Å². The predicted molar refractivity (Wildman–Crippen MR) is 74.6 cm³/mol. The van der Waals surface area contributed by atoms with Gasteiger partial charge in [-0.1, -0.05) is 0 Å². The van der Waals surface area contributed by atoms with Crippen LogP contribution in [-0.4, -0.2) is 30.6 Å². The SMILES string of the molecule is CCOc1cc(N)cc(C(=O)OC(C)C(=O)NC(N)=O)c1. The number of anilines is 1. The molecule has 21 heavy (non-hydrogen) atoms. The van der Waals surface area contributed by atoms with Gasteiger partial charge in [-0.2, -0.15) is 0 Å². The minimum atomic E-state index is -1.18. The first-order valence-corrected chi connectivity index (χ1v) is 6.18. The van der Waals surface area contributed by atoms with Crippen LogP contribution >= 0.6 is 0 Å². The Morgan fingerprint density at radius 2 is 1.95 bits per heavy atom. The molecule has 0 heterocycles. The summed E-state index contributed by atoms with van der Waals surface area (Å²) < 4.78 is 10.2. The topological polar surface area (TPSA) is 134 Å². The average molecular weight is 295 g/mol. The van der Waals surface area contributed by atoms with Crippen LogP contribution in [0.2, 0.25) is 0 Å². The first kappa shape index (κ1) is 16.3. The van der Waals surface area contributed by atoms with Crippen LogP contribution in [0.3, 0.4) is 0 Å². The van der Waals surface area contributed by atoms with E-state index < -0.39 is 24.0 Å². The number of benzene rings is 1. The Kier molecular flexibility index (Phi) is 5.53. The zero-order valence-corrected chi connectivity index (χ0v) is 11.7. The molecule has 0 aliphatic carbocycles. The summed E-state index contributed by atoms with van der Waals surface area (Å²) in [5, 5.41) is 1.82. The third-order valence-electron chi connectivity index (χ3n) is 2.38. The molecule has 0 saturated heterocycles. The van der Waals surface area contributed by atoms with Gasteiger partial charge in [-0.15, -0.1) is 0 Å². The summed E-state index contributed by atoms with van der Waals surface area (Å²) in [7, 11) is 0. The molecule has 8 nitrogen and oxygen atoms in total. The summed E-state index contributed by atoms with van der Waals surface area (Å²) in [6.07, 6.45) is -1.18. The summed E-state index contributed by atoms with van der Waals surface area (Å²) in [5.41, 5.74) is 10.9. The van der Waals surface area contributed by atoms with E-state index >= 15 is 0 Å². The fourth-order valence-electron chi connectivity index (χ4n) is 1.50. The molecular formula is C13H17N3O5. The van der Waals surface area contributed by atoms with E-state index in [2.05, 4.69) is 0 Å². The monoisotopic (exact) mass is 295 g/mol. The number of rotatable bonds is 5. The number of amides is 3. The Bertz CT molecular complexity index is 559. The van der Waals surface area contributed by atoms with Crippen molar-refractivity contribution in [3.05, 3.63) is 23.8 Å². The number of esters is 1. The molecular weight excluding hydrogens is 278 g/mol. The number of nitrogen functional groups attached to an aromatic ring is 1. The van der Waals surface area contributed by atoms with Gasteiger partial charge in [0.2, 0.25) is 0 Å². The quantitative estimate of drug-likeness (QED) is 0.532. The van der Waals surface area contributed by atoms with Crippen LogP contribution in [0.5, 0.6) is 5.75 Å². The summed E-state index contributed by atoms with van der Waals surface area (Å²) in [4.78, 5) is 33.9. The molecule has 0 aliphatic heterocycles. The molecule has 0 bridgehead atoms. The molecule has 5 N–H and O–H groups in total. The molecule has 0 radical (unpaired) electrons. The number of carbonyl (C=O) groups excluding carboxylic acids is 3. The molecule has 0 aromatic heterocycles. The standard InChI is InChI=1S/C13H17N3O5/c1-3-20-10-5-8(4-9(14)6-10)12(18)21-7(2)11(17)16-13(15)19/h4-7H,3,14H2,1-2H3,(H3,15,16,17,19). The van der Waals surface area contributed by atoms with E-state index in [1.54, 1.807) is 13.0 Å². The molecule has 1 atom stereocenters. The van der Waals surface area contributed by atoms with Crippen molar-refractivity contribution < 1.29 is 23.9 Å². The molecule has 0 aliphatic rings. The van der Waals surface area contributed by atoms with Crippen LogP contribution in [0.4, 0.5) is 10.5 Å². The number of imide groups is 1. The van der Waals surface area contributed by atoms with Crippen molar-refractivity contribution in [2.24, 2.45) is 5.73 Å². The van der Waals surface area contributed by atoms with Crippen LogP contribution in [0.15, 0.2) is 18.2 Å². The third kappa shape index (κ3) is 5.01. The molecule has 1 unspecified atom stereocenters. The molecule has 114 valence electrons. The third-order valence-corrected chi connectivity index (χ3v) is 2.38. The number of primary amides is 1. The highest BCUT2D eigenvalue weighted by Crippen LogP contribution is 2.20. The van der Waals surface area contributed by atoms with Crippen LogP contribution in [0.1, 0.15) is 24.2 Å². The minimum Gasteiger partial charge on any atom is -0.494 e. The first-order valence-electron chi connectivity index (χ1n) is 6.18. The van der Waals surface area contributed by atoms with Crippen molar-refractivity contribution in [1.82, 2.24) is 5.32 Å². The lowest BCUT2D eigenvalue weighted by Gasteiger charge is -2.13. The van der Waals surface area contributed by atoms with Gasteiger partial charge in [0.05, 0.1) is 12.2 Å². The van der Waals surface area contributed by atoms with Crippen LogP contribution < -0.4 is 21.5 Å². The second-order valence-electron chi connectivity index (χ2n) is 4.12. The van der Waals surface area contributed by atoms with Gasteiger partial charge in [0.1, 0.15) is 5.75 Å². The van der Waals surface area contributed by atoms with Gasteiger partial charge in [0, 0.05) is 11.8 Å². The molecule has 0 saturated carbocycles. The van der Waals surface area contributed by atoms with E-state index in [9.17, 15) is 14.4 Å². The van der Waals surface area contributed by atoms with E-state index in [-0.39, 0.29) is 5.56 Å². The second kappa shape index (κ2) is 7.13. The van der Waals surface area contributed by atoms with Crippen molar-refractivity contribution in [3.8, 4) is 5.75 Å². The van der Waals surface area contributed by atoms with Gasteiger partial charge in [-0.3, -0.25) is 10.1 Å². The van der Waals surface area contributed by atoms with E-state index in [4.69, 9.17) is 20.9 Å². The van der Waals surface area contributed by atoms with Crippen molar-refractivity contribution >= 4 is 23.6 Å². The van der Waals surface area contributed by atoms with E-state index in [1.165, 1.54) is 19.1 Å². The Labute approximate surface area is 121 Å². The summed E-state index contributed by atoms with van der Waals surface area (Å²) >= 11 is 0. The maximum absolute atomic E-state index is 11.9. The highest BCUT2D eigenvalue weighted by atomic mass is 16.5. The van der Waals surface area contributed by atoms with Gasteiger partial charge in [-0.05, 0) is 26.0 Å². The van der Waals surface area contributed by atoms with Crippen LogP contribution in [0.25, 0.3) is 0 Å². The largest absolute Gasteiger partial charge is 0.494 e. The van der Waals surface area contributed by atoms with Gasteiger partial charge in [0.15, 0.2) is 6.10 Å². The Hall–Kier alpha value is -2.77. The lowest BCUT2D eigenvalue weighted by molar-refractivity contribution is -0.127. The average Bonchev–Trinajstić information content (AvgIpc) is 2.37. The van der Waals surface area contributed by atoms with Crippen molar-refractivity contribution in [2.45, 2.75) is 20.0 Å². The Morgan fingerprint density at radius 1 is 1.29 bits per heavy atom. The summed E-state index contributed by atoms with van der Waals surface area (Å²) in [6.45, 7) is 3.51. The molecule has 3 amide bonds. The fourth-order valence-corrected chi connectivity index (χ4v) is 1.50. The number of hydrogen-bond acceptors (Lipinski definition) is 6. The normalized spacial score (nSPS) is 11.3. The van der Waals surface area contributed by atoms with Crippen LogP contribution in [-0.2, 0) is 9.53 Å². The van der Waals surface area contributed by atoms with Crippen LogP contribution in [0, 0.1) is 0 Å². The molecule has 1 aromatic carbocycles. The zero-order chi connectivity index (χ0) is 16.0. The highest BCUT2D eigenvalue weighted by molar-refractivity contribution is 5.98. The summed E-state index contributed by atoms with van der Waals surface area (Å²) in [5.74, 6) is -1.17. The smallest absolute Gasteiger partial charge is 0.339 e. The number of hydrogen-bond donors (Lipinski definition) is 3. The number of ether oxygens (including phenoxy) is 2. The summed E-state index contributed by atoms with van der Waals surface area (Å²) in [6, 6.07) is 3.37. The molecule has 8 heteroatoms. The van der Waals surface area contributed by atoms with Crippen molar-refractivity contribution in [3.63, 3.8) is 0 Å². The van der Waals surface area contributed by atoms with Gasteiger partial charge in [-0.25, -0.2) is 9.59 Å². The zero-order valence-electron chi connectivity index (χ0n) is 11.7. The maximum atomic E-state index is 11.9. The Balaban J connectivity index is 2.79. The molecule has 1 rings (SSSR count). The minimum absolute atomic E-state index is 0.136. The van der Waals surface area contributed by atoms with E-state index in [0.717, 1.165) is 0 Å². The lowest BCUT2D eigenvalue weighted by atomic mass is 10.2. The fraction of sp³-hybridized carbons (Fsp3) is 0.308. The highest BCUT2D eigenvalue weighted by Gasteiger charge is 2.20. The second-order valence-corrected chi connectivity index (χ2v) is 4.12. The number of urea groups is 1. The lowest BCUT2D eigenvalue weighted by Crippen LogP contribution is -2.42. The molecule has 1 aromatic rings. The maximum Gasteiger partial charge on any atom is 0.339 e. The number of nitrogens with two attached hydrogens (primary N) is 2. The van der Waals surface area contributed by atoms with E-state index in [1.807, 2.05) is 5.32 Å². The number of carbonyl (C=O) groups is 3.